The standard InChI is InChI=1S/C32H35FO6/c1-5-38-30(36)18-26(35)17-25(34)15-16-27-28(21(2)3)19-29(37-4)32(39-20-22-9-7-6-8-10-22)31(27)23-11-13-24(33)14-12-23/h6-16,19,21,25,34H,5,17-18,20H2,1-4H3. The summed E-state index contributed by atoms with van der Waals surface area (Å²) in [4.78, 5) is 23.9. The number of hydrogen-bond acceptors (Lipinski definition) is 6. The molecule has 0 saturated carbocycles. The molecule has 1 N–H and O–H groups in total. The molecule has 6 nitrogen and oxygen atoms in total. The number of benzene rings is 3. The Hall–Kier alpha value is -3.97. The number of esters is 1. The Bertz CT molecular complexity index is 1280. The smallest absolute Gasteiger partial charge is 0.313 e. The van der Waals surface area contributed by atoms with Crippen LogP contribution in [0.15, 0.2) is 66.7 Å². The van der Waals surface area contributed by atoms with Crippen LogP contribution >= 0.6 is 0 Å². The Morgan fingerprint density at radius 3 is 2.36 bits per heavy atom. The first-order valence-corrected chi connectivity index (χ1v) is 12.9. The quantitative estimate of drug-likeness (QED) is 0.199. The highest BCUT2D eigenvalue weighted by Gasteiger charge is 2.23. The van der Waals surface area contributed by atoms with Gasteiger partial charge in [0.25, 0.3) is 0 Å². The van der Waals surface area contributed by atoms with Crippen LogP contribution in [0.4, 0.5) is 4.39 Å². The van der Waals surface area contributed by atoms with E-state index >= 15 is 0 Å². The summed E-state index contributed by atoms with van der Waals surface area (Å²) in [5.41, 5.74) is 4.00. The molecule has 3 aromatic rings. The zero-order valence-corrected chi connectivity index (χ0v) is 22.8. The van der Waals surface area contributed by atoms with Crippen LogP contribution < -0.4 is 9.47 Å². The van der Waals surface area contributed by atoms with Crippen LogP contribution in [0.5, 0.6) is 11.5 Å². The highest BCUT2D eigenvalue weighted by Crippen LogP contribution is 2.45. The summed E-state index contributed by atoms with van der Waals surface area (Å²) < 4.78 is 30.8. The SMILES string of the molecule is CCOC(=O)CC(=O)CC(O)C=Cc1c(C(C)C)cc(OC)c(OCc2ccccc2)c1-c1ccc(F)cc1. The number of carbonyl (C=O) groups is 2. The van der Waals surface area contributed by atoms with Gasteiger partial charge < -0.3 is 19.3 Å². The Morgan fingerprint density at radius 1 is 1.05 bits per heavy atom. The Labute approximate surface area is 229 Å². The van der Waals surface area contributed by atoms with Gasteiger partial charge in [0.2, 0.25) is 0 Å². The first-order valence-electron chi connectivity index (χ1n) is 12.9. The number of ether oxygens (including phenoxy) is 3. The topological polar surface area (TPSA) is 82.1 Å². The number of hydrogen-bond donors (Lipinski definition) is 1. The molecule has 0 aliphatic rings. The largest absolute Gasteiger partial charge is 0.493 e. The molecule has 0 heterocycles. The zero-order chi connectivity index (χ0) is 28.4. The maximum atomic E-state index is 13.9. The fourth-order valence-electron chi connectivity index (χ4n) is 4.21. The number of halogens is 1. The van der Waals surface area contributed by atoms with E-state index < -0.39 is 24.3 Å². The number of methoxy groups -OCH3 is 1. The predicted molar refractivity (Wildman–Crippen MR) is 149 cm³/mol. The van der Waals surface area contributed by atoms with Crippen molar-refractivity contribution < 1.29 is 33.3 Å². The molecular formula is C32H35FO6. The molecule has 0 saturated heterocycles. The van der Waals surface area contributed by atoms with E-state index in [-0.39, 0.29) is 31.4 Å². The van der Waals surface area contributed by atoms with Crippen LogP contribution in [0.3, 0.4) is 0 Å². The monoisotopic (exact) mass is 534 g/mol. The third-order valence-corrected chi connectivity index (χ3v) is 6.09. The summed E-state index contributed by atoms with van der Waals surface area (Å²) in [7, 11) is 1.57. The van der Waals surface area contributed by atoms with E-state index in [1.165, 1.54) is 18.2 Å². The van der Waals surface area contributed by atoms with E-state index in [9.17, 15) is 19.1 Å². The van der Waals surface area contributed by atoms with Gasteiger partial charge in [-0.25, -0.2) is 4.39 Å². The predicted octanol–water partition coefficient (Wildman–Crippen LogP) is 6.49. The second-order valence-electron chi connectivity index (χ2n) is 9.37. The second kappa shape index (κ2) is 14.3. The van der Waals surface area contributed by atoms with Crippen LogP contribution in [-0.4, -0.2) is 36.7 Å². The average Bonchev–Trinajstić information content (AvgIpc) is 2.91. The normalized spacial score (nSPS) is 12.0. The van der Waals surface area contributed by atoms with Crippen LogP contribution in [-0.2, 0) is 20.9 Å². The second-order valence-corrected chi connectivity index (χ2v) is 9.37. The average molecular weight is 535 g/mol. The van der Waals surface area contributed by atoms with Gasteiger partial charge in [-0.1, -0.05) is 68.5 Å². The van der Waals surface area contributed by atoms with Crippen LogP contribution in [0.2, 0.25) is 0 Å². The highest BCUT2D eigenvalue weighted by molar-refractivity contribution is 5.96. The molecule has 39 heavy (non-hydrogen) atoms. The fraction of sp³-hybridized carbons (Fsp3) is 0.312. The molecule has 7 heteroatoms. The van der Waals surface area contributed by atoms with Gasteiger partial charge in [-0.2, -0.15) is 0 Å². The lowest BCUT2D eigenvalue weighted by atomic mass is 9.88. The molecule has 0 aliphatic heterocycles. The first kappa shape index (κ1) is 29.6. The van der Waals surface area contributed by atoms with Gasteiger partial charge in [0.05, 0.1) is 19.8 Å². The summed E-state index contributed by atoms with van der Waals surface area (Å²) in [6.45, 7) is 6.19. The number of carbonyl (C=O) groups excluding carboxylic acids is 2. The molecule has 1 atom stereocenters. The molecule has 0 fully saturated rings. The highest BCUT2D eigenvalue weighted by atomic mass is 19.1. The Balaban J connectivity index is 2.07. The number of ketones is 1. The van der Waals surface area contributed by atoms with Crippen molar-refractivity contribution >= 4 is 17.8 Å². The minimum Gasteiger partial charge on any atom is -0.493 e. The van der Waals surface area contributed by atoms with Crippen molar-refractivity contribution in [1.29, 1.82) is 0 Å². The van der Waals surface area contributed by atoms with E-state index in [0.717, 1.165) is 16.7 Å². The van der Waals surface area contributed by atoms with Gasteiger partial charge in [0.1, 0.15) is 24.6 Å². The first-order chi connectivity index (χ1) is 18.7. The van der Waals surface area contributed by atoms with Crippen LogP contribution in [0.1, 0.15) is 56.2 Å². The molecule has 0 spiro atoms. The fourth-order valence-corrected chi connectivity index (χ4v) is 4.21. The van der Waals surface area contributed by atoms with E-state index in [0.29, 0.717) is 22.6 Å². The number of rotatable bonds is 13. The number of aliphatic hydroxyl groups is 1. The lowest BCUT2D eigenvalue weighted by molar-refractivity contribution is -0.145. The summed E-state index contributed by atoms with van der Waals surface area (Å²) in [5, 5.41) is 10.6. The van der Waals surface area contributed by atoms with E-state index in [1.807, 2.05) is 50.2 Å². The molecular weight excluding hydrogens is 499 g/mol. The maximum absolute atomic E-state index is 13.9. The molecule has 0 radical (unpaired) electrons. The van der Waals surface area contributed by atoms with Gasteiger partial charge in [-0.15, -0.1) is 0 Å². The zero-order valence-electron chi connectivity index (χ0n) is 22.8. The minimum atomic E-state index is -1.12. The molecule has 206 valence electrons. The summed E-state index contributed by atoms with van der Waals surface area (Å²) in [6.07, 6.45) is 1.52. The van der Waals surface area contributed by atoms with E-state index in [1.54, 1.807) is 32.2 Å². The van der Waals surface area contributed by atoms with Crippen molar-refractivity contribution in [1.82, 2.24) is 0 Å². The van der Waals surface area contributed by atoms with Crippen molar-refractivity contribution in [2.24, 2.45) is 0 Å². The number of Topliss-reactive ketones (excluding diaryl/α,β-unsaturated/α-hetero) is 1. The van der Waals surface area contributed by atoms with E-state index in [2.05, 4.69) is 0 Å². The van der Waals surface area contributed by atoms with Crippen molar-refractivity contribution in [2.45, 2.75) is 52.2 Å². The van der Waals surface area contributed by atoms with Crippen molar-refractivity contribution in [3.63, 3.8) is 0 Å². The molecule has 1 unspecified atom stereocenters. The van der Waals surface area contributed by atoms with Crippen LogP contribution in [0, 0.1) is 5.82 Å². The maximum Gasteiger partial charge on any atom is 0.313 e. The van der Waals surface area contributed by atoms with Crippen LogP contribution in [0.25, 0.3) is 17.2 Å². The van der Waals surface area contributed by atoms with Gasteiger partial charge in [0, 0.05) is 12.0 Å². The van der Waals surface area contributed by atoms with Crippen molar-refractivity contribution in [3.05, 3.63) is 89.2 Å². The lowest BCUT2D eigenvalue weighted by Gasteiger charge is -2.23. The Kier molecular flexibility index (Phi) is 10.8. The third-order valence-electron chi connectivity index (χ3n) is 6.09. The van der Waals surface area contributed by atoms with Gasteiger partial charge >= 0.3 is 5.97 Å². The summed E-state index contributed by atoms with van der Waals surface area (Å²) >= 11 is 0. The molecule has 0 amide bonds. The van der Waals surface area contributed by atoms with Gasteiger partial charge in [0.15, 0.2) is 11.5 Å². The molecule has 3 aromatic carbocycles. The molecule has 0 bridgehead atoms. The van der Waals surface area contributed by atoms with Crippen molar-refractivity contribution in [2.75, 3.05) is 13.7 Å². The van der Waals surface area contributed by atoms with Crippen molar-refractivity contribution in [3.8, 4) is 22.6 Å². The molecule has 3 rings (SSSR count). The van der Waals surface area contributed by atoms with E-state index in [4.69, 9.17) is 14.2 Å². The van der Waals surface area contributed by atoms with Gasteiger partial charge in [-0.3, -0.25) is 9.59 Å². The third kappa shape index (κ3) is 8.26. The molecule has 0 aromatic heterocycles. The lowest BCUT2D eigenvalue weighted by Crippen LogP contribution is -2.16. The summed E-state index contributed by atoms with van der Waals surface area (Å²) in [5.74, 6) is -0.348. The van der Waals surface area contributed by atoms with Gasteiger partial charge in [-0.05, 0) is 53.3 Å². The number of aliphatic hydroxyl groups excluding tert-OH is 1. The molecule has 0 aliphatic carbocycles. The Morgan fingerprint density at radius 2 is 1.74 bits per heavy atom. The summed E-state index contributed by atoms with van der Waals surface area (Å²) in [6, 6.07) is 17.7. The minimum absolute atomic E-state index is 0.0588.